The average molecular weight is 276 g/mol. The molecule has 1 aromatic carbocycles. The molecule has 2 fully saturated rings. The summed E-state index contributed by atoms with van der Waals surface area (Å²) in [6, 6.07) is 7.70. The minimum atomic E-state index is -0.245. The highest BCUT2D eigenvalue weighted by Gasteiger charge is 2.39. The van der Waals surface area contributed by atoms with Crippen LogP contribution in [0.25, 0.3) is 0 Å². The van der Waals surface area contributed by atoms with Crippen LogP contribution < -0.4 is 15.0 Å². The summed E-state index contributed by atoms with van der Waals surface area (Å²) in [7, 11) is 1.63. The number of hydrogen-bond donors (Lipinski definition) is 1. The van der Waals surface area contributed by atoms with E-state index in [0.29, 0.717) is 12.5 Å². The van der Waals surface area contributed by atoms with E-state index in [4.69, 9.17) is 9.47 Å². The third-order valence-electron chi connectivity index (χ3n) is 4.14. The lowest BCUT2D eigenvalue weighted by Gasteiger charge is -2.32. The van der Waals surface area contributed by atoms with Crippen LogP contribution in [-0.2, 0) is 4.74 Å². The van der Waals surface area contributed by atoms with Crippen LogP contribution in [-0.4, -0.2) is 38.9 Å². The fraction of sp³-hybridized carbons (Fsp3) is 0.533. The lowest BCUT2D eigenvalue weighted by Crippen LogP contribution is -2.45. The number of carbonyl (C=O) groups excluding carboxylic acids is 1. The van der Waals surface area contributed by atoms with E-state index in [1.807, 2.05) is 24.3 Å². The highest BCUT2D eigenvalue weighted by Crippen LogP contribution is 2.30. The van der Waals surface area contributed by atoms with E-state index in [9.17, 15) is 4.79 Å². The Morgan fingerprint density at radius 2 is 2.15 bits per heavy atom. The van der Waals surface area contributed by atoms with E-state index < -0.39 is 0 Å². The summed E-state index contributed by atoms with van der Waals surface area (Å²) in [5.41, 5.74) is 0.879. The molecule has 1 aromatic rings. The van der Waals surface area contributed by atoms with Gasteiger partial charge in [-0.25, -0.2) is 4.79 Å². The van der Waals surface area contributed by atoms with Crippen molar-refractivity contribution in [3.63, 3.8) is 0 Å². The number of nitrogens with zero attached hydrogens (tertiary/aromatic N) is 1. The Balaban J connectivity index is 1.81. The number of rotatable bonds is 3. The predicted molar refractivity (Wildman–Crippen MR) is 76.2 cm³/mol. The van der Waals surface area contributed by atoms with E-state index in [1.54, 1.807) is 12.0 Å². The number of hydrogen-bond acceptors (Lipinski definition) is 4. The van der Waals surface area contributed by atoms with Gasteiger partial charge in [-0.1, -0.05) is 0 Å². The van der Waals surface area contributed by atoms with Crippen molar-refractivity contribution in [2.24, 2.45) is 5.92 Å². The third kappa shape index (κ3) is 2.45. The zero-order valence-electron chi connectivity index (χ0n) is 11.7. The smallest absolute Gasteiger partial charge is 0.414 e. The van der Waals surface area contributed by atoms with Crippen molar-refractivity contribution in [3.8, 4) is 5.75 Å². The van der Waals surface area contributed by atoms with Crippen LogP contribution in [0.15, 0.2) is 24.3 Å². The van der Waals surface area contributed by atoms with Gasteiger partial charge >= 0.3 is 6.09 Å². The summed E-state index contributed by atoms with van der Waals surface area (Å²) in [6.45, 7) is 2.51. The van der Waals surface area contributed by atoms with E-state index in [0.717, 1.165) is 37.4 Å². The van der Waals surface area contributed by atoms with Crippen LogP contribution in [0, 0.1) is 5.92 Å². The van der Waals surface area contributed by atoms with Gasteiger partial charge in [0.05, 0.1) is 13.2 Å². The molecule has 0 bridgehead atoms. The number of piperidine rings is 1. The number of anilines is 1. The van der Waals surface area contributed by atoms with Crippen LogP contribution in [0.4, 0.5) is 10.5 Å². The van der Waals surface area contributed by atoms with Crippen molar-refractivity contribution >= 4 is 11.8 Å². The van der Waals surface area contributed by atoms with Crippen molar-refractivity contribution < 1.29 is 14.3 Å². The molecule has 0 spiro atoms. The fourth-order valence-corrected chi connectivity index (χ4v) is 3.03. The van der Waals surface area contributed by atoms with Gasteiger partial charge in [0.15, 0.2) is 0 Å². The second kappa shape index (κ2) is 5.71. The van der Waals surface area contributed by atoms with Crippen molar-refractivity contribution in [2.75, 3.05) is 31.7 Å². The zero-order valence-corrected chi connectivity index (χ0v) is 11.7. The molecule has 1 amide bonds. The van der Waals surface area contributed by atoms with Gasteiger partial charge in [-0.2, -0.15) is 0 Å². The molecule has 3 rings (SSSR count). The van der Waals surface area contributed by atoms with Gasteiger partial charge in [0.25, 0.3) is 0 Å². The number of ether oxygens (including phenoxy) is 2. The highest BCUT2D eigenvalue weighted by molar-refractivity contribution is 5.90. The number of nitrogens with one attached hydrogen (secondary N) is 1. The fourth-order valence-electron chi connectivity index (χ4n) is 3.03. The van der Waals surface area contributed by atoms with Gasteiger partial charge in [0.1, 0.15) is 12.4 Å². The number of amides is 1. The van der Waals surface area contributed by atoms with Gasteiger partial charge < -0.3 is 14.8 Å². The Bertz CT molecular complexity index is 469. The van der Waals surface area contributed by atoms with Gasteiger partial charge in [-0.3, -0.25) is 4.90 Å². The molecular formula is C15H20N2O3. The molecule has 108 valence electrons. The first-order valence-corrected chi connectivity index (χ1v) is 7.10. The first kappa shape index (κ1) is 13.2. The van der Waals surface area contributed by atoms with Gasteiger partial charge in [-0.05, 0) is 49.6 Å². The Morgan fingerprint density at radius 3 is 2.80 bits per heavy atom. The molecule has 0 saturated carbocycles. The largest absolute Gasteiger partial charge is 0.497 e. The molecule has 0 aliphatic carbocycles. The summed E-state index contributed by atoms with van der Waals surface area (Å²) in [5.74, 6) is 1.24. The van der Waals surface area contributed by atoms with Gasteiger partial charge in [0, 0.05) is 12.2 Å². The monoisotopic (exact) mass is 276 g/mol. The van der Waals surface area contributed by atoms with E-state index in [2.05, 4.69) is 5.32 Å². The number of carbonyl (C=O) groups is 1. The average Bonchev–Trinajstić information content (AvgIpc) is 2.90. The molecule has 5 nitrogen and oxygen atoms in total. The summed E-state index contributed by atoms with van der Waals surface area (Å²) in [5, 5.41) is 3.40. The van der Waals surface area contributed by atoms with Crippen LogP contribution in [0.1, 0.15) is 12.8 Å². The third-order valence-corrected chi connectivity index (χ3v) is 4.14. The van der Waals surface area contributed by atoms with Crippen molar-refractivity contribution in [3.05, 3.63) is 24.3 Å². The Hall–Kier alpha value is -1.75. The quantitative estimate of drug-likeness (QED) is 0.917. The van der Waals surface area contributed by atoms with Crippen LogP contribution in [0.5, 0.6) is 5.75 Å². The summed E-state index contributed by atoms with van der Waals surface area (Å²) in [6.07, 6.45) is 2.05. The molecule has 2 saturated heterocycles. The molecule has 2 aliphatic rings. The molecule has 5 heteroatoms. The molecule has 2 heterocycles. The topological polar surface area (TPSA) is 50.8 Å². The van der Waals surface area contributed by atoms with Crippen LogP contribution in [0.3, 0.4) is 0 Å². The lowest BCUT2D eigenvalue weighted by atomic mass is 9.91. The zero-order chi connectivity index (χ0) is 13.9. The number of methoxy groups -OCH3 is 1. The lowest BCUT2D eigenvalue weighted by molar-refractivity contribution is 0.174. The Morgan fingerprint density at radius 1 is 1.35 bits per heavy atom. The van der Waals surface area contributed by atoms with E-state index >= 15 is 0 Å². The minimum absolute atomic E-state index is 0.128. The molecule has 2 aliphatic heterocycles. The second-order valence-corrected chi connectivity index (χ2v) is 5.32. The van der Waals surface area contributed by atoms with E-state index in [-0.39, 0.29) is 12.1 Å². The van der Waals surface area contributed by atoms with Gasteiger partial charge in [0.2, 0.25) is 0 Å². The highest BCUT2D eigenvalue weighted by atomic mass is 16.6. The number of benzene rings is 1. The van der Waals surface area contributed by atoms with Crippen LogP contribution >= 0.6 is 0 Å². The SMILES string of the molecule is COc1ccc(N2C(=O)OCC2C2CCCNC2)cc1. The predicted octanol–water partition coefficient (Wildman–Crippen LogP) is 2.02. The molecule has 20 heavy (non-hydrogen) atoms. The number of cyclic esters (lactones) is 1. The summed E-state index contributed by atoms with van der Waals surface area (Å²) >= 11 is 0. The molecule has 0 radical (unpaired) electrons. The first-order valence-electron chi connectivity index (χ1n) is 7.10. The van der Waals surface area contributed by atoms with Crippen molar-refractivity contribution in [2.45, 2.75) is 18.9 Å². The standard InChI is InChI=1S/C15H20N2O3/c1-19-13-6-4-12(5-7-13)17-14(10-20-15(17)18)11-3-2-8-16-9-11/h4-7,11,14,16H,2-3,8-10H2,1H3. The maximum absolute atomic E-state index is 12.0. The maximum Gasteiger partial charge on any atom is 0.414 e. The normalized spacial score (nSPS) is 26.4. The van der Waals surface area contributed by atoms with Gasteiger partial charge in [-0.15, -0.1) is 0 Å². The van der Waals surface area contributed by atoms with E-state index in [1.165, 1.54) is 0 Å². The molecular weight excluding hydrogens is 256 g/mol. The Kier molecular flexibility index (Phi) is 3.78. The first-order chi connectivity index (χ1) is 9.79. The molecule has 2 unspecified atom stereocenters. The minimum Gasteiger partial charge on any atom is -0.497 e. The maximum atomic E-state index is 12.0. The van der Waals surface area contributed by atoms with Crippen LogP contribution in [0.2, 0.25) is 0 Å². The van der Waals surface area contributed by atoms with Crippen molar-refractivity contribution in [1.29, 1.82) is 0 Å². The van der Waals surface area contributed by atoms with Crippen molar-refractivity contribution in [1.82, 2.24) is 5.32 Å². The summed E-state index contributed by atoms with van der Waals surface area (Å²) in [4.78, 5) is 13.8. The Labute approximate surface area is 118 Å². The molecule has 0 aromatic heterocycles. The molecule has 1 N–H and O–H groups in total. The second-order valence-electron chi connectivity index (χ2n) is 5.32. The molecule has 2 atom stereocenters. The summed E-state index contributed by atoms with van der Waals surface area (Å²) < 4.78 is 10.4.